The van der Waals surface area contributed by atoms with Crippen molar-refractivity contribution in [3.8, 4) is 5.75 Å². The van der Waals surface area contributed by atoms with Crippen molar-refractivity contribution < 1.29 is 19.4 Å². The van der Waals surface area contributed by atoms with Gasteiger partial charge in [-0.1, -0.05) is 35.6 Å². The quantitative estimate of drug-likeness (QED) is 0.745. The lowest BCUT2D eigenvalue weighted by Crippen LogP contribution is -2.30. The van der Waals surface area contributed by atoms with Crippen molar-refractivity contribution in [1.29, 1.82) is 0 Å². The Bertz CT molecular complexity index is 1070. The van der Waals surface area contributed by atoms with E-state index < -0.39 is 17.7 Å². The summed E-state index contributed by atoms with van der Waals surface area (Å²) in [7, 11) is 1.55. The van der Waals surface area contributed by atoms with Gasteiger partial charge >= 0.3 is 0 Å². The Morgan fingerprint density at radius 3 is 2.70 bits per heavy atom. The number of benzene rings is 2. The second-order valence-corrected chi connectivity index (χ2v) is 7.15. The molecule has 27 heavy (non-hydrogen) atoms. The zero-order valence-corrected chi connectivity index (χ0v) is 15.5. The number of nitrogens with zero attached hydrogens (tertiary/aromatic N) is 2. The molecule has 1 unspecified atom stereocenters. The van der Waals surface area contributed by atoms with Gasteiger partial charge in [-0.05, 0) is 36.8 Å². The smallest absolute Gasteiger partial charge is 0.296 e. The van der Waals surface area contributed by atoms with Crippen LogP contribution in [0.25, 0.3) is 10.2 Å². The minimum Gasteiger partial charge on any atom is -0.503 e. The molecule has 0 bridgehead atoms. The maximum absolute atomic E-state index is 12.8. The average molecular weight is 380 g/mol. The van der Waals surface area contributed by atoms with Crippen LogP contribution in [0.4, 0.5) is 5.13 Å². The Hall–Kier alpha value is -3.19. The molecule has 2 heterocycles. The number of fused-ring (bicyclic) bond motifs is 1. The van der Waals surface area contributed by atoms with Crippen LogP contribution < -0.4 is 9.64 Å². The summed E-state index contributed by atoms with van der Waals surface area (Å²) in [5.41, 5.74) is 1.48. The number of aromatic nitrogens is 1. The van der Waals surface area contributed by atoms with Crippen molar-refractivity contribution >= 4 is 38.4 Å². The zero-order valence-electron chi connectivity index (χ0n) is 14.7. The molecule has 1 N–H and O–H groups in total. The number of methoxy groups -OCH3 is 1. The highest BCUT2D eigenvalue weighted by atomic mass is 32.1. The van der Waals surface area contributed by atoms with E-state index in [1.165, 1.54) is 23.2 Å². The molecule has 0 saturated heterocycles. The van der Waals surface area contributed by atoms with E-state index in [9.17, 15) is 14.7 Å². The molecule has 0 radical (unpaired) electrons. The van der Waals surface area contributed by atoms with Gasteiger partial charge in [0.1, 0.15) is 5.75 Å². The fraction of sp³-hybridized carbons (Fsp3) is 0.150. The standard InChI is InChI=1S/C20H16N2O4S/c1-11(23)16-17(12-6-5-7-13(10-12)26-2)22(19(25)18(16)24)20-21-14-8-3-4-9-15(14)27-20/h3-10,17,24H,1-2H3. The Balaban J connectivity index is 1.90. The van der Waals surface area contributed by atoms with Crippen molar-refractivity contribution in [2.75, 3.05) is 12.0 Å². The molecule has 1 atom stereocenters. The average Bonchev–Trinajstić information content (AvgIpc) is 3.20. The highest BCUT2D eigenvalue weighted by Crippen LogP contribution is 2.43. The first kappa shape index (κ1) is 17.2. The van der Waals surface area contributed by atoms with E-state index in [2.05, 4.69) is 4.98 Å². The molecule has 4 rings (SSSR count). The summed E-state index contributed by atoms with van der Waals surface area (Å²) >= 11 is 1.34. The molecule has 1 aliphatic heterocycles. The summed E-state index contributed by atoms with van der Waals surface area (Å²) in [6.07, 6.45) is 0. The topological polar surface area (TPSA) is 79.7 Å². The lowest BCUT2D eigenvalue weighted by Gasteiger charge is -2.24. The number of hydrogen-bond donors (Lipinski definition) is 1. The Morgan fingerprint density at radius 2 is 2.00 bits per heavy atom. The zero-order chi connectivity index (χ0) is 19.1. The van der Waals surface area contributed by atoms with Crippen LogP contribution in [0.1, 0.15) is 18.5 Å². The largest absolute Gasteiger partial charge is 0.503 e. The van der Waals surface area contributed by atoms with Gasteiger partial charge in [-0.3, -0.25) is 14.5 Å². The van der Waals surface area contributed by atoms with E-state index in [1.54, 1.807) is 31.4 Å². The SMILES string of the molecule is COc1cccc(C2C(C(C)=O)=C(O)C(=O)N2c2nc3ccccc3s2)c1. The number of rotatable bonds is 4. The number of aliphatic hydroxyl groups is 1. The van der Waals surface area contributed by atoms with E-state index in [0.717, 1.165) is 10.2 Å². The molecule has 0 fully saturated rings. The van der Waals surface area contributed by atoms with E-state index >= 15 is 0 Å². The molecule has 0 saturated carbocycles. The molecule has 1 amide bonds. The van der Waals surface area contributed by atoms with Crippen molar-refractivity contribution in [3.05, 3.63) is 65.4 Å². The van der Waals surface area contributed by atoms with Crippen molar-refractivity contribution in [3.63, 3.8) is 0 Å². The third kappa shape index (κ3) is 2.76. The number of amides is 1. The van der Waals surface area contributed by atoms with Crippen LogP contribution in [0.3, 0.4) is 0 Å². The lowest BCUT2D eigenvalue weighted by molar-refractivity contribution is -0.117. The maximum atomic E-state index is 12.8. The molecular weight excluding hydrogens is 364 g/mol. The van der Waals surface area contributed by atoms with Gasteiger partial charge in [-0.25, -0.2) is 4.98 Å². The van der Waals surface area contributed by atoms with Gasteiger partial charge in [0.05, 0.1) is 28.9 Å². The minimum absolute atomic E-state index is 0.0625. The summed E-state index contributed by atoms with van der Waals surface area (Å²) in [6, 6.07) is 13.9. The fourth-order valence-corrected chi connectivity index (χ4v) is 4.24. The molecule has 1 aromatic heterocycles. The van der Waals surface area contributed by atoms with Gasteiger partial charge < -0.3 is 9.84 Å². The van der Waals surface area contributed by atoms with Crippen LogP contribution in [-0.4, -0.2) is 28.9 Å². The summed E-state index contributed by atoms with van der Waals surface area (Å²) in [6.45, 7) is 1.34. The van der Waals surface area contributed by atoms with E-state index in [-0.39, 0.29) is 11.4 Å². The van der Waals surface area contributed by atoms with Crippen LogP contribution in [-0.2, 0) is 9.59 Å². The second kappa shape index (κ2) is 6.51. The number of thiazole rings is 1. The summed E-state index contributed by atoms with van der Waals surface area (Å²) in [5.74, 6) is -0.933. The monoisotopic (exact) mass is 380 g/mol. The van der Waals surface area contributed by atoms with E-state index in [1.807, 2.05) is 24.3 Å². The van der Waals surface area contributed by atoms with E-state index in [0.29, 0.717) is 16.4 Å². The third-order valence-electron chi connectivity index (χ3n) is 4.49. The van der Waals surface area contributed by atoms with Gasteiger partial charge in [0, 0.05) is 0 Å². The molecule has 6 nitrogen and oxygen atoms in total. The number of ketones is 1. The number of ether oxygens (including phenoxy) is 1. The first-order valence-electron chi connectivity index (χ1n) is 8.28. The first-order valence-corrected chi connectivity index (χ1v) is 9.10. The maximum Gasteiger partial charge on any atom is 0.296 e. The Labute approximate surface area is 159 Å². The first-order chi connectivity index (χ1) is 13.0. The number of anilines is 1. The minimum atomic E-state index is -0.759. The molecular formula is C20H16N2O4S. The molecule has 1 aliphatic rings. The lowest BCUT2D eigenvalue weighted by atomic mass is 9.97. The number of hydrogen-bond acceptors (Lipinski definition) is 6. The van der Waals surface area contributed by atoms with E-state index in [4.69, 9.17) is 4.74 Å². The van der Waals surface area contributed by atoms with Crippen LogP contribution in [0, 0.1) is 0 Å². The van der Waals surface area contributed by atoms with Gasteiger partial charge in [0.15, 0.2) is 16.7 Å². The Morgan fingerprint density at radius 1 is 1.22 bits per heavy atom. The van der Waals surface area contributed by atoms with Crippen LogP contribution in [0.2, 0.25) is 0 Å². The summed E-state index contributed by atoms with van der Waals surface area (Å²) < 4.78 is 6.19. The molecule has 7 heteroatoms. The fourth-order valence-electron chi connectivity index (χ4n) is 3.25. The van der Waals surface area contributed by atoms with Crippen LogP contribution in [0.15, 0.2) is 59.9 Å². The highest BCUT2D eigenvalue weighted by Gasteiger charge is 2.44. The predicted octanol–water partition coefficient (Wildman–Crippen LogP) is 3.79. The molecule has 2 aromatic carbocycles. The third-order valence-corrected chi connectivity index (χ3v) is 5.52. The number of aliphatic hydroxyl groups excluding tert-OH is 1. The Kier molecular flexibility index (Phi) is 4.16. The summed E-state index contributed by atoms with van der Waals surface area (Å²) in [5, 5.41) is 10.8. The predicted molar refractivity (Wildman–Crippen MR) is 103 cm³/mol. The molecule has 136 valence electrons. The number of carbonyl (C=O) groups is 2. The molecule has 0 spiro atoms. The highest BCUT2D eigenvalue weighted by molar-refractivity contribution is 7.22. The van der Waals surface area contributed by atoms with Gasteiger partial charge in [0.25, 0.3) is 5.91 Å². The van der Waals surface area contributed by atoms with Crippen molar-refractivity contribution in [1.82, 2.24) is 4.98 Å². The van der Waals surface area contributed by atoms with Gasteiger partial charge in [-0.15, -0.1) is 0 Å². The number of carbonyl (C=O) groups excluding carboxylic acids is 2. The number of para-hydroxylation sites is 1. The van der Waals surface area contributed by atoms with Crippen LogP contribution >= 0.6 is 11.3 Å². The van der Waals surface area contributed by atoms with Crippen molar-refractivity contribution in [2.24, 2.45) is 0 Å². The van der Waals surface area contributed by atoms with Gasteiger partial charge in [0.2, 0.25) is 0 Å². The normalized spacial score (nSPS) is 17.0. The second-order valence-electron chi connectivity index (χ2n) is 6.14. The molecule has 0 aliphatic carbocycles. The molecule has 3 aromatic rings. The van der Waals surface area contributed by atoms with Crippen molar-refractivity contribution in [2.45, 2.75) is 13.0 Å². The van der Waals surface area contributed by atoms with Gasteiger partial charge in [-0.2, -0.15) is 0 Å². The summed E-state index contributed by atoms with van der Waals surface area (Å²) in [4.78, 5) is 31.0. The number of Topliss-reactive ketones (excluding diaryl/α,β-unsaturated/α-hetero) is 1. The van der Waals surface area contributed by atoms with Crippen LogP contribution in [0.5, 0.6) is 5.75 Å².